The molecule has 0 aliphatic heterocycles. The lowest BCUT2D eigenvalue weighted by Crippen LogP contribution is -2.19. The van der Waals surface area contributed by atoms with Crippen LogP contribution in [-0.4, -0.2) is 28.5 Å². The predicted octanol–water partition coefficient (Wildman–Crippen LogP) is 3.09. The van der Waals surface area contributed by atoms with Crippen LogP contribution in [0.2, 0.25) is 0 Å². The fourth-order valence-corrected chi connectivity index (χ4v) is 2.49. The van der Waals surface area contributed by atoms with E-state index in [4.69, 9.17) is 4.74 Å². The van der Waals surface area contributed by atoms with Crippen LogP contribution in [0, 0.1) is 0 Å². The quantitative estimate of drug-likeness (QED) is 0.550. The number of hydrogen-bond donors (Lipinski definition) is 1. The summed E-state index contributed by atoms with van der Waals surface area (Å²) < 4.78 is 6.95. The molecule has 132 valence electrons. The van der Waals surface area contributed by atoms with Crippen molar-refractivity contribution in [1.82, 2.24) is 15.2 Å². The van der Waals surface area contributed by atoms with Crippen LogP contribution in [0.3, 0.4) is 0 Å². The molecule has 1 heterocycles. The van der Waals surface area contributed by atoms with Crippen molar-refractivity contribution in [3.05, 3.63) is 83.7 Å². The number of rotatable bonds is 6. The Bertz CT molecular complexity index is 900. The monoisotopic (exact) mass is 348 g/mol. The fraction of sp³-hybridized carbons (Fsp3) is 0.150. The van der Waals surface area contributed by atoms with Crippen LogP contribution in [0.15, 0.2) is 72.1 Å². The Morgan fingerprint density at radius 2 is 1.96 bits per heavy atom. The Morgan fingerprint density at radius 3 is 2.65 bits per heavy atom. The normalized spacial score (nSPS) is 11.2. The first kappa shape index (κ1) is 17.4. The van der Waals surface area contributed by atoms with Gasteiger partial charge < -0.3 is 4.74 Å². The molecule has 0 saturated heterocycles. The number of nitrogens with zero attached hydrogens (tertiary/aromatic N) is 3. The van der Waals surface area contributed by atoms with Crippen LogP contribution in [0.25, 0.3) is 0 Å². The molecule has 1 aromatic heterocycles. The van der Waals surface area contributed by atoms with E-state index in [1.807, 2.05) is 66.3 Å². The number of benzene rings is 2. The minimum absolute atomic E-state index is 0.250. The summed E-state index contributed by atoms with van der Waals surface area (Å²) >= 11 is 0. The van der Waals surface area contributed by atoms with E-state index >= 15 is 0 Å². The minimum Gasteiger partial charge on any atom is -0.497 e. The van der Waals surface area contributed by atoms with Crippen molar-refractivity contribution >= 4 is 11.6 Å². The molecule has 1 amide bonds. The third-order valence-electron chi connectivity index (χ3n) is 3.93. The summed E-state index contributed by atoms with van der Waals surface area (Å²) in [5, 5.41) is 8.37. The van der Waals surface area contributed by atoms with E-state index in [9.17, 15) is 4.79 Å². The first-order valence-corrected chi connectivity index (χ1v) is 8.21. The van der Waals surface area contributed by atoms with Crippen molar-refractivity contribution in [1.29, 1.82) is 0 Å². The number of hydrazone groups is 1. The van der Waals surface area contributed by atoms with Gasteiger partial charge in [-0.25, -0.2) is 5.43 Å². The van der Waals surface area contributed by atoms with Crippen molar-refractivity contribution in [2.24, 2.45) is 5.10 Å². The molecule has 0 fully saturated rings. The number of carbonyl (C=O) groups is 1. The molecule has 0 bridgehead atoms. The van der Waals surface area contributed by atoms with Gasteiger partial charge in [-0.2, -0.15) is 10.2 Å². The summed E-state index contributed by atoms with van der Waals surface area (Å²) in [5.74, 6) is 0.528. The van der Waals surface area contributed by atoms with Crippen LogP contribution in [0.4, 0.5) is 0 Å². The van der Waals surface area contributed by atoms with Gasteiger partial charge in [0.25, 0.3) is 5.91 Å². The second-order valence-corrected chi connectivity index (χ2v) is 5.77. The molecule has 0 radical (unpaired) electrons. The SMILES string of the molecule is COc1ccc(/C(C)=N/NC(=O)c2cccc(Cn3cccn3)c2)cc1. The molecule has 6 nitrogen and oxygen atoms in total. The van der Waals surface area contributed by atoms with E-state index in [0.29, 0.717) is 17.8 Å². The third-order valence-corrected chi connectivity index (χ3v) is 3.93. The third kappa shape index (κ3) is 4.36. The Labute approximate surface area is 152 Å². The van der Waals surface area contributed by atoms with E-state index in [1.54, 1.807) is 19.4 Å². The van der Waals surface area contributed by atoms with E-state index < -0.39 is 0 Å². The van der Waals surface area contributed by atoms with E-state index in [0.717, 1.165) is 16.9 Å². The van der Waals surface area contributed by atoms with Gasteiger partial charge in [0.2, 0.25) is 0 Å². The van der Waals surface area contributed by atoms with E-state index in [-0.39, 0.29) is 5.91 Å². The number of amides is 1. The number of nitrogens with one attached hydrogen (secondary N) is 1. The van der Waals surface area contributed by atoms with Gasteiger partial charge in [0.05, 0.1) is 19.4 Å². The summed E-state index contributed by atoms with van der Waals surface area (Å²) in [5.41, 5.74) is 5.79. The predicted molar refractivity (Wildman–Crippen MR) is 100 cm³/mol. The van der Waals surface area contributed by atoms with Gasteiger partial charge in [-0.1, -0.05) is 12.1 Å². The Hall–Kier alpha value is -3.41. The highest BCUT2D eigenvalue weighted by molar-refractivity contribution is 6.00. The summed E-state index contributed by atoms with van der Waals surface area (Å²) in [6.45, 7) is 2.46. The number of ether oxygens (including phenoxy) is 1. The maximum atomic E-state index is 12.4. The zero-order chi connectivity index (χ0) is 18.4. The molecule has 2 aromatic carbocycles. The molecule has 0 spiro atoms. The first-order chi connectivity index (χ1) is 12.7. The highest BCUT2D eigenvalue weighted by atomic mass is 16.5. The van der Waals surface area contributed by atoms with Gasteiger partial charge in [-0.15, -0.1) is 0 Å². The average Bonchev–Trinajstić information content (AvgIpc) is 3.19. The maximum Gasteiger partial charge on any atom is 0.271 e. The Kier molecular flexibility index (Phi) is 5.43. The minimum atomic E-state index is -0.250. The van der Waals surface area contributed by atoms with Gasteiger partial charge in [0.1, 0.15) is 5.75 Å². The smallest absolute Gasteiger partial charge is 0.271 e. The highest BCUT2D eigenvalue weighted by Crippen LogP contribution is 2.12. The van der Waals surface area contributed by atoms with E-state index in [1.165, 1.54) is 0 Å². The molecule has 0 saturated carbocycles. The van der Waals surface area contributed by atoms with Crippen molar-refractivity contribution in [3.63, 3.8) is 0 Å². The summed E-state index contributed by atoms with van der Waals surface area (Å²) in [4.78, 5) is 12.4. The summed E-state index contributed by atoms with van der Waals surface area (Å²) in [6, 6.07) is 16.8. The zero-order valence-electron chi connectivity index (χ0n) is 14.7. The van der Waals surface area contributed by atoms with Crippen molar-refractivity contribution in [2.75, 3.05) is 7.11 Å². The molecule has 0 aliphatic carbocycles. The Morgan fingerprint density at radius 1 is 1.15 bits per heavy atom. The summed E-state index contributed by atoms with van der Waals surface area (Å²) in [6.07, 6.45) is 3.61. The largest absolute Gasteiger partial charge is 0.497 e. The lowest BCUT2D eigenvalue weighted by molar-refractivity contribution is 0.0954. The molecule has 0 aliphatic rings. The number of methoxy groups -OCH3 is 1. The molecular formula is C20H20N4O2. The number of hydrogen-bond acceptors (Lipinski definition) is 4. The van der Waals surface area contributed by atoms with Crippen LogP contribution in [-0.2, 0) is 6.54 Å². The van der Waals surface area contributed by atoms with Crippen LogP contribution >= 0.6 is 0 Å². The topological polar surface area (TPSA) is 68.5 Å². The highest BCUT2D eigenvalue weighted by Gasteiger charge is 2.07. The van der Waals surface area contributed by atoms with Crippen LogP contribution in [0.5, 0.6) is 5.75 Å². The van der Waals surface area contributed by atoms with Gasteiger partial charge in [-0.05, 0) is 60.5 Å². The number of carbonyl (C=O) groups excluding carboxylic acids is 1. The number of aromatic nitrogens is 2. The second kappa shape index (κ2) is 8.11. The maximum absolute atomic E-state index is 12.4. The van der Waals surface area contributed by atoms with Crippen LogP contribution < -0.4 is 10.2 Å². The molecule has 3 aromatic rings. The summed E-state index contributed by atoms with van der Waals surface area (Å²) in [7, 11) is 1.62. The van der Waals surface area contributed by atoms with Crippen LogP contribution in [0.1, 0.15) is 28.4 Å². The van der Waals surface area contributed by atoms with Gasteiger partial charge >= 0.3 is 0 Å². The molecule has 6 heteroatoms. The van der Waals surface area contributed by atoms with Crippen molar-refractivity contribution in [3.8, 4) is 5.75 Å². The molecule has 3 rings (SSSR count). The second-order valence-electron chi connectivity index (χ2n) is 5.77. The lowest BCUT2D eigenvalue weighted by Gasteiger charge is -2.06. The molecule has 0 unspecified atom stereocenters. The van der Waals surface area contributed by atoms with Crippen molar-refractivity contribution in [2.45, 2.75) is 13.5 Å². The van der Waals surface area contributed by atoms with Gasteiger partial charge in [0.15, 0.2) is 0 Å². The van der Waals surface area contributed by atoms with Gasteiger partial charge in [0, 0.05) is 18.0 Å². The molecule has 26 heavy (non-hydrogen) atoms. The zero-order valence-corrected chi connectivity index (χ0v) is 14.7. The lowest BCUT2D eigenvalue weighted by atomic mass is 10.1. The van der Waals surface area contributed by atoms with Gasteiger partial charge in [-0.3, -0.25) is 9.48 Å². The van der Waals surface area contributed by atoms with Crippen molar-refractivity contribution < 1.29 is 9.53 Å². The molecule has 0 atom stereocenters. The first-order valence-electron chi connectivity index (χ1n) is 8.21. The standard InChI is InChI=1S/C20H20N4O2/c1-15(17-7-9-19(26-2)10-8-17)22-23-20(25)18-6-3-5-16(13-18)14-24-12-4-11-21-24/h3-13H,14H2,1-2H3,(H,23,25)/b22-15+. The molecular weight excluding hydrogens is 328 g/mol. The fourth-order valence-electron chi connectivity index (χ4n) is 2.49. The average molecular weight is 348 g/mol. The Balaban J connectivity index is 1.67. The van der Waals surface area contributed by atoms with E-state index in [2.05, 4.69) is 15.6 Å². The molecule has 1 N–H and O–H groups in total.